The quantitative estimate of drug-likeness (QED) is 0.433. The van der Waals surface area contributed by atoms with Gasteiger partial charge in [0.2, 0.25) is 5.43 Å². The largest absolute Gasteiger partial charge is 0.508 e. The van der Waals surface area contributed by atoms with Gasteiger partial charge in [-0.15, -0.1) is 0 Å². The Morgan fingerprint density at radius 1 is 1.29 bits per heavy atom. The third-order valence-corrected chi connectivity index (χ3v) is 3.89. The number of nitrogens with one attached hydrogen (secondary N) is 2. The summed E-state index contributed by atoms with van der Waals surface area (Å²) in [4.78, 5) is 23.4. The Labute approximate surface area is 118 Å². The molecule has 0 saturated carbocycles. The minimum Gasteiger partial charge on any atom is -0.508 e. The van der Waals surface area contributed by atoms with Crippen LogP contribution in [0.2, 0.25) is 0 Å². The zero-order valence-corrected chi connectivity index (χ0v) is 11.1. The molecule has 0 aliphatic heterocycles. The topological polar surface area (TPSA) is 142 Å². The first-order valence-corrected chi connectivity index (χ1v) is 6.97. The van der Waals surface area contributed by atoms with Gasteiger partial charge in [-0.05, 0) is 12.1 Å². The number of rotatable bonds is 4. The van der Waals surface area contributed by atoms with Gasteiger partial charge in [-0.2, -0.15) is 0 Å². The standard InChI is InChI=1S/C11H9N3O6S/c15-7-1-2-8(9(5-7)14(17)18)13-21(19,20)11-6-12-4-3-10(11)16/h1-6,13,15H,(H,12,16). The number of anilines is 1. The van der Waals surface area contributed by atoms with Crippen LogP contribution in [0.5, 0.6) is 5.75 Å². The number of aromatic amines is 1. The monoisotopic (exact) mass is 311 g/mol. The summed E-state index contributed by atoms with van der Waals surface area (Å²) < 4.78 is 26.1. The van der Waals surface area contributed by atoms with Gasteiger partial charge in [-0.25, -0.2) is 8.42 Å². The van der Waals surface area contributed by atoms with E-state index in [0.717, 1.165) is 30.5 Å². The van der Waals surface area contributed by atoms with Crippen LogP contribution < -0.4 is 10.2 Å². The molecule has 9 nitrogen and oxygen atoms in total. The van der Waals surface area contributed by atoms with E-state index in [4.69, 9.17) is 0 Å². The first-order chi connectivity index (χ1) is 9.81. The van der Waals surface area contributed by atoms with Crippen molar-refractivity contribution in [2.75, 3.05) is 4.72 Å². The number of benzene rings is 1. The molecule has 0 bridgehead atoms. The number of nitrogens with zero attached hydrogens (tertiary/aromatic N) is 1. The summed E-state index contributed by atoms with van der Waals surface area (Å²) in [6.45, 7) is 0. The van der Waals surface area contributed by atoms with E-state index in [1.165, 1.54) is 6.20 Å². The van der Waals surface area contributed by atoms with Crippen LogP contribution in [-0.2, 0) is 10.0 Å². The van der Waals surface area contributed by atoms with Gasteiger partial charge in [0.05, 0.1) is 11.0 Å². The summed E-state index contributed by atoms with van der Waals surface area (Å²) in [7, 11) is -4.29. The lowest BCUT2D eigenvalue weighted by Gasteiger charge is -2.08. The highest BCUT2D eigenvalue weighted by Crippen LogP contribution is 2.29. The smallest absolute Gasteiger partial charge is 0.297 e. The summed E-state index contributed by atoms with van der Waals surface area (Å²) in [6.07, 6.45) is 2.22. The molecule has 1 aromatic carbocycles. The molecule has 10 heteroatoms. The van der Waals surface area contributed by atoms with Gasteiger partial charge in [0.15, 0.2) is 4.90 Å². The minimum absolute atomic E-state index is 0.360. The molecule has 0 saturated heterocycles. The molecule has 3 N–H and O–H groups in total. The van der Waals surface area contributed by atoms with E-state index in [0.29, 0.717) is 0 Å². The van der Waals surface area contributed by atoms with Crippen LogP contribution in [0.25, 0.3) is 0 Å². The highest BCUT2D eigenvalue weighted by Gasteiger charge is 2.23. The van der Waals surface area contributed by atoms with Gasteiger partial charge in [0, 0.05) is 18.5 Å². The van der Waals surface area contributed by atoms with E-state index in [9.17, 15) is 28.4 Å². The van der Waals surface area contributed by atoms with E-state index in [1.807, 2.05) is 4.72 Å². The second-order valence-electron chi connectivity index (χ2n) is 3.94. The fourth-order valence-electron chi connectivity index (χ4n) is 1.57. The van der Waals surface area contributed by atoms with Crippen molar-refractivity contribution in [2.24, 2.45) is 0 Å². The number of phenols is 1. The Balaban J connectivity index is 2.50. The molecule has 1 heterocycles. The van der Waals surface area contributed by atoms with Crippen molar-refractivity contribution in [3.05, 3.63) is 57.0 Å². The van der Waals surface area contributed by atoms with Crippen LogP contribution in [-0.4, -0.2) is 23.4 Å². The fraction of sp³-hybridized carbons (Fsp3) is 0. The number of nitro groups is 1. The molecule has 2 rings (SSSR count). The van der Waals surface area contributed by atoms with Crippen molar-refractivity contribution in [2.45, 2.75) is 4.90 Å². The minimum atomic E-state index is -4.29. The summed E-state index contributed by atoms with van der Waals surface area (Å²) in [6, 6.07) is 3.93. The molecule has 0 spiro atoms. The van der Waals surface area contributed by atoms with E-state index in [-0.39, 0.29) is 11.4 Å². The van der Waals surface area contributed by atoms with Gasteiger partial charge in [-0.3, -0.25) is 19.6 Å². The molecule has 21 heavy (non-hydrogen) atoms. The average molecular weight is 311 g/mol. The molecule has 0 amide bonds. The number of aromatic hydroxyl groups is 1. The van der Waals surface area contributed by atoms with Crippen LogP contribution >= 0.6 is 0 Å². The molecule has 0 unspecified atom stereocenters. The van der Waals surface area contributed by atoms with E-state index >= 15 is 0 Å². The van der Waals surface area contributed by atoms with Crippen molar-refractivity contribution < 1.29 is 18.4 Å². The van der Waals surface area contributed by atoms with Gasteiger partial charge < -0.3 is 10.1 Å². The number of aromatic nitrogens is 1. The van der Waals surface area contributed by atoms with Gasteiger partial charge in [-0.1, -0.05) is 0 Å². The highest BCUT2D eigenvalue weighted by atomic mass is 32.2. The van der Waals surface area contributed by atoms with Gasteiger partial charge >= 0.3 is 0 Å². The zero-order valence-electron chi connectivity index (χ0n) is 10.3. The van der Waals surface area contributed by atoms with Gasteiger partial charge in [0.25, 0.3) is 15.7 Å². The molecule has 0 aliphatic carbocycles. The number of H-pyrrole nitrogens is 1. The van der Waals surface area contributed by atoms with Crippen molar-refractivity contribution in [1.29, 1.82) is 0 Å². The Kier molecular flexibility index (Phi) is 3.63. The van der Waals surface area contributed by atoms with Crippen molar-refractivity contribution in [3.8, 4) is 5.75 Å². The highest BCUT2D eigenvalue weighted by molar-refractivity contribution is 7.92. The van der Waals surface area contributed by atoms with E-state index < -0.39 is 31.0 Å². The maximum absolute atomic E-state index is 12.1. The third-order valence-electron chi connectivity index (χ3n) is 2.50. The molecule has 1 aromatic heterocycles. The summed E-state index contributed by atoms with van der Waals surface area (Å²) >= 11 is 0. The third kappa shape index (κ3) is 3.00. The normalized spacial score (nSPS) is 11.0. The number of nitro benzene ring substituents is 1. The van der Waals surface area contributed by atoms with Crippen molar-refractivity contribution in [3.63, 3.8) is 0 Å². The predicted octanol–water partition coefficient (Wildman–Crippen LogP) is 0.790. The Morgan fingerprint density at radius 2 is 2.00 bits per heavy atom. The first kappa shape index (κ1) is 14.5. The maximum Gasteiger partial charge on any atom is 0.297 e. The fourth-order valence-corrected chi connectivity index (χ4v) is 2.70. The van der Waals surface area contributed by atoms with Crippen molar-refractivity contribution >= 4 is 21.4 Å². The molecule has 0 radical (unpaired) electrons. The number of phenolic OH excluding ortho intramolecular Hbond substituents is 1. The van der Waals surface area contributed by atoms with Crippen molar-refractivity contribution in [1.82, 2.24) is 4.98 Å². The lowest BCUT2D eigenvalue weighted by atomic mass is 10.2. The Bertz CT molecular complexity index is 858. The predicted molar refractivity (Wildman–Crippen MR) is 72.6 cm³/mol. The van der Waals surface area contributed by atoms with Gasteiger partial charge in [0.1, 0.15) is 11.4 Å². The second-order valence-corrected chi connectivity index (χ2v) is 5.59. The molecule has 0 aliphatic rings. The van der Waals surface area contributed by atoms with Crippen LogP contribution in [0.1, 0.15) is 0 Å². The molecular formula is C11H9N3O6S. The first-order valence-electron chi connectivity index (χ1n) is 5.48. The molecule has 0 atom stereocenters. The summed E-state index contributed by atoms with van der Waals surface area (Å²) in [5.74, 6) is -0.387. The summed E-state index contributed by atoms with van der Waals surface area (Å²) in [5, 5.41) is 20.1. The number of pyridine rings is 1. The summed E-state index contributed by atoms with van der Waals surface area (Å²) in [5.41, 5.74) is -1.75. The Morgan fingerprint density at radius 3 is 2.62 bits per heavy atom. The lowest BCUT2D eigenvalue weighted by molar-refractivity contribution is -0.384. The molecule has 0 fully saturated rings. The van der Waals surface area contributed by atoms with E-state index in [1.54, 1.807) is 0 Å². The van der Waals surface area contributed by atoms with Crippen LogP contribution in [0.15, 0.2) is 46.3 Å². The lowest BCUT2D eigenvalue weighted by Crippen LogP contribution is -2.21. The number of hydrogen-bond donors (Lipinski definition) is 3. The SMILES string of the molecule is O=c1cc[nH]cc1S(=O)(=O)Nc1ccc(O)cc1[N+](=O)[O-]. The number of hydrogen-bond acceptors (Lipinski definition) is 6. The number of sulfonamides is 1. The molecule has 2 aromatic rings. The molecule has 110 valence electrons. The molecular weight excluding hydrogens is 302 g/mol. The Hall–Kier alpha value is -2.88. The van der Waals surface area contributed by atoms with E-state index in [2.05, 4.69) is 4.98 Å². The van der Waals surface area contributed by atoms with Crippen LogP contribution in [0.3, 0.4) is 0 Å². The van der Waals surface area contributed by atoms with Crippen LogP contribution in [0.4, 0.5) is 11.4 Å². The second kappa shape index (κ2) is 5.25. The maximum atomic E-state index is 12.1. The van der Waals surface area contributed by atoms with Crippen LogP contribution in [0, 0.1) is 10.1 Å². The average Bonchev–Trinajstić information content (AvgIpc) is 2.40. The zero-order chi connectivity index (χ0) is 15.6.